The summed E-state index contributed by atoms with van der Waals surface area (Å²) in [4.78, 5) is 14.8. The monoisotopic (exact) mass is 313 g/mol. The minimum absolute atomic E-state index is 0.0288. The van der Waals surface area contributed by atoms with Crippen molar-refractivity contribution in [3.63, 3.8) is 0 Å². The molecule has 0 bridgehead atoms. The molecule has 1 amide bonds. The van der Waals surface area contributed by atoms with Crippen LogP contribution in [0, 0.1) is 0 Å². The molecule has 1 heterocycles. The molecule has 2 aliphatic rings. The van der Waals surface area contributed by atoms with Crippen molar-refractivity contribution in [3.05, 3.63) is 33.8 Å². The average Bonchev–Trinajstić information content (AvgIpc) is 3.24. The van der Waals surface area contributed by atoms with Gasteiger partial charge in [0.2, 0.25) is 0 Å². The topological polar surface area (TPSA) is 29.5 Å². The van der Waals surface area contributed by atoms with Crippen molar-refractivity contribution in [2.45, 2.75) is 37.8 Å². The highest BCUT2D eigenvalue weighted by Gasteiger charge is 2.38. The van der Waals surface area contributed by atoms with Crippen LogP contribution >= 0.6 is 23.2 Å². The number of nitrogens with zero attached hydrogens (tertiary/aromatic N) is 1. The summed E-state index contributed by atoms with van der Waals surface area (Å²) in [6.07, 6.45) is 4.00. The highest BCUT2D eigenvalue weighted by molar-refractivity contribution is 6.36. The Bertz CT molecular complexity index is 511. The van der Waals surface area contributed by atoms with E-state index in [0.29, 0.717) is 21.7 Å². The predicted molar refractivity (Wildman–Crippen MR) is 79.5 cm³/mol. The summed E-state index contributed by atoms with van der Waals surface area (Å²) < 4.78 is 5.39. The van der Waals surface area contributed by atoms with Gasteiger partial charge in [-0.25, -0.2) is 0 Å². The molecule has 20 heavy (non-hydrogen) atoms. The Hall–Kier alpha value is -0.770. The lowest BCUT2D eigenvalue weighted by Gasteiger charge is -2.34. The first-order valence-electron chi connectivity index (χ1n) is 7.02. The lowest BCUT2D eigenvalue weighted by molar-refractivity contribution is 0.0267. The number of rotatable bonds is 3. The van der Waals surface area contributed by atoms with E-state index in [4.69, 9.17) is 27.9 Å². The van der Waals surface area contributed by atoms with Gasteiger partial charge in [0.05, 0.1) is 10.6 Å². The standard InChI is InChI=1S/C15H17Cl2NO2/c16-10-1-4-13(14(17)9-10)15(19)18(11-2-3-11)12-5-7-20-8-6-12/h1,4,9,11-12H,2-3,5-8H2. The lowest BCUT2D eigenvalue weighted by atomic mass is 10.0. The van der Waals surface area contributed by atoms with Crippen molar-refractivity contribution < 1.29 is 9.53 Å². The van der Waals surface area contributed by atoms with Crippen LogP contribution in [0.15, 0.2) is 18.2 Å². The highest BCUT2D eigenvalue weighted by Crippen LogP contribution is 2.34. The van der Waals surface area contributed by atoms with Crippen molar-refractivity contribution in [2.24, 2.45) is 0 Å². The third-order valence-electron chi connectivity index (χ3n) is 3.92. The summed E-state index contributed by atoms with van der Waals surface area (Å²) in [6.45, 7) is 1.46. The van der Waals surface area contributed by atoms with Gasteiger partial charge in [-0.2, -0.15) is 0 Å². The molecule has 0 radical (unpaired) electrons. The molecule has 0 aromatic heterocycles. The first-order valence-corrected chi connectivity index (χ1v) is 7.78. The molecule has 0 unspecified atom stereocenters. The summed E-state index contributed by atoms with van der Waals surface area (Å²) in [6, 6.07) is 5.72. The van der Waals surface area contributed by atoms with Crippen molar-refractivity contribution in [3.8, 4) is 0 Å². The van der Waals surface area contributed by atoms with Crippen LogP contribution in [0.4, 0.5) is 0 Å². The van der Waals surface area contributed by atoms with E-state index in [1.54, 1.807) is 18.2 Å². The van der Waals surface area contributed by atoms with Gasteiger partial charge < -0.3 is 9.64 Å². The average molecular weight is 314 g/mol. The Labute approximate surface area is 128 Å². The first-order chi connectivity index (χ1) is 9.66. The molecule has 0 atom stereocenters. The van der Waals surface area contributed by atoms with Crippen LogP contribution in [0.1, 0.15) is 36.0 Å². The Morgan fingerprint density at radius 2 is 1.75 bits per heavy atom. The van der Waals surface area contributed by atoms with Gasteiger partial charge in [-0.1, -0.05) is 23.2 Å². The molecule has 1 aromatic rings. The fourth-order valence-electron chi connectivity index (χ4n) is 2.75. The largest absolute Gasteiger partial charge is 0.381 e. The fourth-order valence-corrected chi connectivity index (χ4v) is 3.24. The number of benzene rings is 1. The molecule has 108 valence electrons. The summed E-state index contributed by atoms with van der Waals surface area (Å²) >= 11 is 12.1. The second kappa shape index (κ2) is 5.92. The van der Waals surface area contributed by atoms with Gasteiger partial charge in [0.15, 0.2) is 0 Å². The molecule has 1 aromatic carbocycles. The van der Waals surface area contributed by atoms with Gasteiger partial charge >= 0.3 is 0 Å². The predicted octanol–water partition coefficient (Wildman–Crippen LogP) is 3.78. The van der Waals surface area contributed by atoms with Crippen LogP contribution < -0.4 is 0 Å². The van der Waals surface area contributed by atoms with Crippen LogP contribution in [0.25, 0.3) is 0 Å². The number of halogens is 2. The summed E-state index contributed by atoms with van der Waals surface area (Å²) in [5.41, 5.74) is 0.550. The van der Waals surface area contributed by atoms with E-state index in [1.807, 2.05) is 4.90 Å². The van der Waals surface area contributed by atoms with Crippen molar-refractivity contribution in [2.75, 3.05) is 13.2 Å². The normalized spacial score (nSPS) is 19.9. The minimum Gasteiger partial charge on any atom is -0.381 e. The van der Waals surface area contributed by atoms with Crippen LogP contribution in [0.3, 0.4) is 0 Å². The smallest absolute Gasteiger partial charge is 0.255 e. The molecule has 1 aliphatic heterocycles. The van der Waals surface area contributed by atoms with E-state index in [0.717, 1.165) is 38.9 Å². The molecule has 5 heteroatoms. The third kappa shape index (κ3) is 2.95. The molecular formula is C15H17Cl2NO2. The van der Waals surface area contributed by atoms with Crippen LogP contribution in [-0.4, -0.2) is 36.1 Å². The maximum atomic E-state index is 12.8. The number of ether oxygens (including phenoxy) is 1. The van der Waals surface area contributed by atoms with E-state index in [1.165, 1.54) is 0 Å². The number of carbonyl (C=O) groups excluding carboxylic acids is 1. The Kier molecular flexibility index (Phi) is 4.20. The van der Waals surface area contributed by atoms with E-state index in [-0.39, 0.29) is 11.9 Å². The fraction of sp³-hybridized carbons (Fsp3) is 0.533. The van der Waals surface area contributed by atoms with Gasteiger partial charge in [-0.05, 0) is 43.9 Å². The van der Waals surface area contributed by atoms with Crippen LogP contribution in [0.5, 0.6) is 0 Å². The van der Waals surface area contributed by atoms with Crippen LogP contribution in [0.2, 0.25) is 10.0 Å². The summed E-state index contributed by atoms with van der Waals surface area (Å²) in [5, 5.41) is 0.982. The second-order valence-corrected chi connectivity index (χ2v) is 6.25. The van der Waals surface area contributed by atoms with E-state index < -0.39 is 0 Å². The van der Waals surface area contributed by atoms with Crippen molar-refractivity contribution in [1.82, 2.24) is 4.90 Å². The third-order valence-corrected chi connectivity index (χ3v) is 4.47. The van der Waals surface area contributed by atoms with E-state index in [2.05, 4.69) is 0 Å². The van der Waals surface area contributed by atoms with Crippen molar-refractivity contribution in [1.29, 1.82) is 0 Å². The van der Waals surface area contributed by atoms with Crippen LogP contribution in [-0.2, 0) is 4.74 Å². The molecule has 3 rings (SSSR count). The molecule has 0 N–H and O–H groups in total. The van der Waals surface area contributed by atoms with Gasteiger partial charge in [-0.15, -0.1) is 0 Å². The minimum atomic E-state index is 0.0288. The molecule has 1 aliphatic carbocycles. The molecule has 0 spiro atoms. The molecule has 2 fully saturated rings. The number of carbonyl (C=O) groups is 1. The molecule has 1 saturated heterocycles. The summed E-state index contributed by atoms with van der Waals surface area (Å²) in [5.74, 6) is 0.0288. The first kappa shape index (κ1) is 14.2. The number of hydrogen-bond donors (Lipinski definition) is 0. The van der Waals surface area contributed by atoms with Gasteiger partial charge in [0.25, 0.3) is 5.91 Å². The quantitative estimate of drug-likeness (QED) is 0.850. The Balaban J connectivity index is 1.84. The highest BCUT2D eigenvalue weighted by atomic mass is 35.5. The lowest BCUT2D eigenvalue weighted by Crippen LogP contribution is -2.45. The SMILES string of the molecule is O=C(c1ccc(Cl)cc1Cl)N(C1CCOCC1)C1CC1. The summed E-state index contributed by atoms with van der Waals surface area (Å²) in [7, 11) is 0. The molecule has 1 saturated carbocycles. The zero-order valence-electron chi connectivity index (χ0n) is 11.1. The molecule has 3 nitrogen and oxygen atoms in total. The molecular weight excluding hydrogens is 297 g/mol. The number of hydrogen-bond acceptors (Lipinski definition) is 2. The van der Waals surface area contributed by atoms with Crippen molar-refractivity contribution >= 4 is 29.1 Å². The van der Waals surface area contributed by atoms with E-state index >= 15 is 0 Å². The van der Waals surface area contributed by atoms with E-state index in [9.17, 15) is 4.79 Å². The van der Waals surface area contributed by atoms with Gasteiger partial charge in [0.1, 0.15) is 0 Å². The van der Waals surface area contributed by atoms with Gasteiger partial charge in [-0.3, -0.25) is 4.79 Å². The maximum absolute atomic E-state index is 12.8. The Morgan fingerprint density at radius 3 is 2.35 bits per heavy atom. The second-order valence-electron chi connectivity index (χ2n) is 5.41. The van der Waals surface area contributed by atoms with Gasteiger partial charge in [0, 0.05) is 30.3 Å². The maximum Gasteiger partial charge on any atom is 0.255 e. The number of amides is 1. The zero-order chi connectivity index (χ0) is 14.1. The Morgan fingerprint density at radius 1 is 1.10 bits per heavy atom. The zero-order valence-corrected chi connectivity index (χ0v) is 12.7.